The number of allylic oxidation sites excluding steroid dienone is 1. The summed E-state index contributed by atoms with van der Waals surface area (Å²) in [5.41, 5.74) is 2.09. The molecular weight excluding hydrogens is 512 g/mol. The van der Waals surface area contributed by atoms with E-state index in [4.69, 9.17) is 18.9 Å². The molecule has 0 saturated heterocycles. The molecule has 0 aliphatic carbocycles. The summed E-state index contributed by atoms with van der Waals surface area (Å²) in [6, 6.07) is 13.4. The number of rotatable bonds is 15. The molecule has 0 N–H and O–H groups in total. The fourth-order valence-corrected chi connectivity index (χ4v) is 3.02. The van der Waals surface area contributed by atoms with Crippen molar-refractivity contribution in [3.05, 3.63) is 102 Å². The standard InChI is InChI=1S/C32H34O8/c1-21(2)30(34)38-19-25(20-39-31(35)22(3)4)17-18-37-27-12-7-24(8-13-27)9-16-29(33)26-10-14-28(15-11-26)40-32(36)23(5)6/h7-16,25H,1,3,5,17-20H2,2,4,6H3/b16-9+. The Morgan fingerprint density at radius 2 is 1.23 bits per heavy atom. The zero-order chi connectivity index (χ0) is 29.7. The van der Waals surface area contributed by atoms with E-state index in [-0.39, 0.29) is 41.6 Å². The van der Waals surface area contributed by atoms with Gasteiger partial charge in [-0.2, -0.15) is 0 Å². The van der Waals surface area contributed by atoms with Crippen LogP contribution in [0.15, 0.2) is 91.1 Å². The Morgan fingerprint density at radius 3 is 1.73 bits per heavy atom. The topological polar surface area (TPSA) is 105 Å². The summed E-state index contributed by atoms with van der Waals surface area (Å²) in [6.07, 6.45) is 3.60. The van der Waals surface area contributed by atoms with E-state index in [0.29, 0.717) is 30.1 Å². The van der Waals surface area contributed by atoms with E-state index >= 15 is 0 Å². The summed E-state index contributed by atoms with van der Waals surface area (Å²) in [7, 11) is 0. The lowest BCUT2D eigenvalue weighted by atomic mass is 10.1. The van der Waals surface area contributed by atoms with Gasteiger partial charge in [0.1, 0.15) is 11.5 Å². The molecule has 0 aliphatic heterocycles. The molecule has 0 aliphatic rings. The first-order chi connectivity index (χ1) is 19.0. The smallest absolute Gasteiger partial charge is 0.338 e. The largest absolute Gasteiger partial charge is 0.494 e. The van der Waals surface area contributed by atoms with Gasteiger partial charge in [0, 0.05) is 28.2 Å². The third-order valence-electron chi connectivity index (χ3n) is 5.40. The second-order valence-corrected chi connectivity index (χ2v) is 9.22. The number of benzene rings is 2. The molecule has 8 heteroatoms. The lowest BCUT2D eigenvalue weighted by Crippen LogP contribution is -2.23. The average molecular weight is 547 g/mol. The molecule has 0 aromatic heterocycles. The number of ether oxygens (including phenoxy) is 4. The van der Waals surface area contributed by atoms with Crippen LogP contribution in [0, 0.1) is 5.92 Å². The number of esters is 3. The first-order valence-electron chi connectivity index (χ1n) is 12.5. The lowest BCUT2D eigenvalue weighted by molar-refractivity contribution is -0.144. The molecule has 0 spiro atoms. The number of carbonyl (C=O) groups is 4. The normalized spacial score (nSPS) is 10.6. The van der Waals surface area contributed by atoms with Crippen LogP contribution in [0.3, 0.4) is 0 Å². The Kier molecular flexibility index (Phi) is 12.3. The SMILES string of the molecule is C=C(C)C(=O)OCC(CCOc1ccc(/C=C/C(=O)c2ccc(OC(=O)C(=C)C)cc2)cc1)COC(=O)C(=C)C. The molecular formula is C32H34O8. The van der Waals surface area contributed by atoms with E-state index < -0.39 is 17.9 Å². The van der Waals surface area contributed by atoms with Gasteiger partial charge in [0.25, 0.3) is 0 Å². The zero-order valence-electron chi connectivity index (χ0n) is 23.1. The Hall–Kier alpha value is -4.72. The Morgan fingerprint density at radius 1 is 0.725 bits per heavy atom. The molecule has 2 aromatic rings. The molecule has 0 amide bonds. The summed E-state index contributed by atoms with van der Waals surface area (Å²) in [5.74, 6) is -1.09. The minimum Gasteiger partial charge on any atom is -0.494 e. The predicted octanol–water partition coefficient (Wildman–Crippen LogP) is 5.69. The molecule has 0 radical (unpaired) electrons. The van der Waals surface area contributed by atoms with Gasteiger partial charge in [0.2, 0.25) is 0 Å². The van der Waals surface area contributed by atoms with Crippen LogP contribution in [0.25, 0.3) is 6.08 Å². The van der Waals surface area contributed by atoms with Crippen LogP contribution in [0.1, 0.15) is 43.1 Å². The van der Waals surface area contributed by atoms with Crippen molar-refractivity contribution in [3.8, 4) is 11.5 Å². The first kappa shape index (κ1) is 31.5. The highest BCUT2D eigenvalue weighted by Crippen LogP contribution is 2.17. The summed E-state index contributed by atoms with van der Waals surface area (Å²) in [4.78, 5) is 47.6. The maximum absolute atomic E-state index is 12.5. The fourth-order valence-electron chi connectivity index (χ4n) is 3.02. The van der Waals surface area contributed by atoms with Crippen LogP contribution in [0.4, 0.5) is 0 Å². The Bertz CT molecular complexity index is 1250. The summed E-state index contributed by atoms with van der Waals surface area (Å²) >= 11 is 0. The summed E-state index contributed by atoms with van der Waals surface area (Å²) in [5, 5.41) is 0. The van der Waals surface area contributed by atoms with Gasteiger partial charge in [-0.05, 0) is 75.2 Å². The van der Waals surface area contributed by atoms with Crippen molar-refractivity contribution in [2.24, 2.45) is 5.92 Å². The van der Waals surface area contributed by atoms with Crippen molar-refractivity contribution in [2.75, 3.05) is 19.8 Å². The average Bonchev–Trinajstić information content (AvgIpc) is 2.93. The van der Waals surface area contributed by atoms with Crippen molar-refractivity contribution in [2.45, 2.75) is 27.2 Å². The third-order valence-corrected chi connectivity index (χ3v) is 5.40. The number of hydrogen-bond acceptors (Lipinski definition) is 8. The Balaban J connectivity index is 1.88. The van der Waals surface area contributed by atoms with Crippen molar-refractivity contribution in [1.29, 1.82) is 0 Å². The first-order valence-corrected chi connectivity index (χ1v) is 12.5. The molecule has 0 atom stereocenters. The summed E-state index contributed by atoms with van der Waals surface area (Å²) in [6.45, 7) is 15.7. The molecule has 2 aromatic carbocycles. The number of carbonyl (C=O) groups excluding carboxylic acids is 4. The van der Waals surface area contributed by atoms with Crippen LogP contribution in [-0.2, 0) is 23.9 Å². The molecule has 210 valence electrons. The van der Waals surface area contributed by atoms with E-state index in [0.717, 1.165) is 5.56 Å². The van der Waals surface area contributed by atoms with E-state index in [2.05, 4.69) is 19.7 Å². The molecule has 0 bridgehead atoms. The van der Waals surface area contributed by atoms with Crippen LogP contribution >= 0.6 is 0 Å². The van der Waals surface area contributed by atoms with E-state index in [1.165, 1.54) is 6.08 Å². The van der Waals surface area contributed by atoms with Gasteiger partial charge in [-0.15, -0.1) is 0 Å². The van der Waals surface area contributed by atoms with Gasteiger partial charge < -0.3 is 18.9 Å². The van der Waals surface area contributed by atoms with Crippen LogP contribution in [0.2, 0.25) is 0 Å². The van der Waals surface area contributed by atoms with Gasteiger partial charge in [0.05, 0.1) is 19.8 Å². The zero-order valence-corrected chi connectivity index (χ0v) is 23.1. The van der Waals surface area contributed by atoms with E-state index in [1.807, 2.05) is 0 Å². The summed E-state index contributed by atoms with van der Waals surface area (Å²) < 4.78 is 21.4. The van der Waals surface area contributed by atoms with Crippen LogP contribution in [0.5, 0.6) is 11.5 Å². The highest BCUT2D eigenvalue weighted by Gasteiger charge is 2.16. The maximum atomic E-state index is 12.5. The predicted molar refractivity (Wildman–Crippen MR) is 152 cm³/mol. The molecule has 2 rings (SSSR count). The van der Waals surface area contributed by atoms with E-state index in [9.17, 15) is 19.2 Å². The molecule has 40 heavy (non-hydrogen) atoms. The monoisotopic (exact) mass is 546 g/mol. The highest BCUT2D eigenvalue weighted by atomic mass is 16.5. The maximum Gasteiger partial charge on any atom is 0.338 e. The van der Waals surface area contributed by atoms with Crippen molar-refractivity contribution in [1.82, 2.24) is 0 Å². The third kappa shape index (κ3) is 10.9. The van der Waals surface area contributed by atoms with Gasteiger partial charge in [-0.25, -0.2) is 14.4 Å². The van der Waals surface area contributed by atoms with Crippen LogP contribution < -0.4 is 9.47 Å². The fraction of sp³-hybridized carbons (Fsp3) is 0.250. The van der Waals surface area contributed by atoms with Gasteiger partial charge in [-0.3, -0.25) is 4.79 Å². The highest BCUT2D eigenvalue weighted by molar-refractivity contribution is 6.06. The second-order valence-electron chi connectivity index (χ2n) is 9.22. The van der Waals surface area contributed by atoms with Gasteiger partial charge in [-0.1, -0.05) is 37.9 Å². The molecule has 0 fully saturated rings. The molecule has 0 unspecified atom stereocenters. The molecule has 8 nitrogen and oxygen atoms in total. The van der Waals surface area contributed by atoms with E-state index in [1.54, 1.807) is 75.4 Å². The Labute approximate surface area is 234 Å². The molecule has 0 saturated carbocycles. The lowest BCUT2D eigenvalue weighted by Gasteiger charge is -2.17. The second kappa shape index (κ2) is 15.6. The van der Waals surface area contributed by atoms with Gasteiger partial charge in [0.15, 0.2) is 5.78 Å². The van der Waals surface area contributed by atoms with Crippen molar-refractivity contribution >= 4 is 29.8 Å². The van der Waals surface area contributed by atoms with Gasteiger partial charge >= 0.3 is 17.9 Å². The quantitative estimate of drug-likeness (QED) is 0.121. The van der Waals surface area contributed by atoms with Crippen molar-refractivity contribution in [3.63, 3.8) is 0 Å². The van der Waals surface area contributed by atoms with Crippen LogP contribution in [-0.4, -0.2) is 43.5 Å². The number of hydrogen-bond donors (Lipinski definition) is 0. The minimum atomic E-state index is -0.528. The van der Waals surface area contributed by atoms with Crippen molar-refractivity contribution < 1.29 is 38.1 Å². The number of ketones is 1. The molecule has 0 heterocycles. The minimum absolute atomic E-state index is 0.0542.